The maximum Gasteiger partial charge on any atom is 0.241 e. The summed E-state index contributed by atoms with van der Waals surface area (Å²) < 4.78 is 5.47. The summed E-state index contributed by atoms with van der Waals surface area (Å²) in [5, 5.41) is 7.21. The van der Waals surface area contributed by atoms with Crippen LogP contribution in [0.25, 0.3) is 11.4 Å². The predicted molar refractivity (Wildman–Crippen MR) is 132 cm³/mol. The highest BCUT2D eigenvalue weighted by Gasteiger charge is 2.26. The Hall–Kier alpha value is -3.52. The number of nitrogens with one attached hydrogen (secondary N) is 1. The standard InChI is InChI=1S/C27H31N5O3/c1-19-5-2-7-22(15-19)26-29-24(35-30-26)18-31-13-10-21(11-14-31)27(34)28-17-20-6-3-8-23(16-20)32-12-4-9-25(32)33/h2-3,5-8,15-16,21H,4,9-14,17-18H2,1H3,(H,28,34). The third-order valence-corrected chi connectivity index (χ3v) is 6.82. The van der Waals surface area contributed by atoms with Crippen molar-refractivity contribution >= 4 is 17.5 Å². The van der Waals surface area contributed by atoms with E-state index in [1.54, 1.807) is 0 Å². The second-order valence-corrected chi connectivity index (χ2v) is 9.47. The molecule has 0 unspecified atom stereocenters. The lowest BCUT2D eigenvalue weighted by Gasteiger charge is -2.30. The van der Waals surface area contributed by atoms with Gasteiger partial charge in [-0.1, -0.05) is 41.1 Å². The zero-order chi connectivity index (χ0) is 24.2. The number of aryl methyl sites for hydroxylation is 1. The first-order chi connectivity index (χ1) is 17.0. The Labute approximate surface area is 205 Å². The SMILES string of the molecule is Cc1cccc(-c2noc(CN3CCC(C(=O)NCc4cccc(N5CCCC5=O)c4)CC3)n2)c1. The van der Waals surface area contributed by atoms with Crippen LogP contribution in [0.5, 0.6) is 0 Å². The van der Waals surface area contributed by atoms with Crippen LogP contribution in [0, 0.1) is 12.8 Å². The van der Waals surface area contributed by atoms with Crippen molar-refractivity contribution in [1.82, 2.24) is 20.4 Å². The summed E-state index contributed by atoms with van der Waals surface area (Å²) in [6, 6.07) is 15.9. The van der Waals surface area contributed by atoms with Crippen LogP contribution < -0.4 is 10.2 Å². The second-order valence-electron chi connectivity index (χ2n) is 9.47. The van der Waals surface area contributed by atoms with E-state index in [2.05, 4.69) is 20.4 Å². The molecule has 5 rings (SSSR count). The van der Waals surface area contributed by atoms with E-state index in [-0.39, 0.29) is 17.7 Å². The number of anilines is 1. The van der Waals surface area contributed by atoms with E-state index in [0.717, 1.165) is 61.3 Å². The predicted octanol–water partition coefficient (Wildman–Crippen LogP) is 3.70. The normalized spacial score (nSPS) is 17.2. The van der Waals surface area contributed by atoms with Gasteiger partial charge in [-0.05, 0) is 63.0 Å². The van der Waals surface area contributed by atoms with Crippen molar-refractivity contribution in [1.29, 1.82) is 0 Å². The van der Waals surface area contributed by atoms with Gasteiger partial charge in [-0.3, -0.25) is 14.5 Å². The van der Waals surface area contributed by atoms with Crippen molar-refractivity contribution in [3.8, 4) is 11.4 Å². The number of carbonyl (C=O) groups excluding carboxylic acids is 2. The van der Waals surface area contributed by atoms with Crippen LogP contribution in [0.3, 0.4) is 0 Å². The summed E-state index contributed by atoms with van der Waals surface area (Å²) in [5.41, 5.74) is 4.03. The van der Waals surface area contributed by atoms with Gasteiger partial charge in [0.15, 0.2) is 0 Å². The quantitative estimate of drug-likeness (QED) is 0.563. The summed E-state index contributed by atoms with van der Waals surface area (Å²) in [6.45, 7) is 5.50. The van der Waals surface area contributed by atoms with Crippen molar-refractivity contribution in [2.45, 2.75) is 45.7 Å². The van der Waals surface area contributed by atoms with Gasteiger partial charge in [0.1, 0.15) is 0 Å². The third-order valence-electron chi connectivity index (χ3n) is 6.82. The Kier molecular flexibility index (Phi) is 6.90. The highest BCUT2D eigenvalue weighted by atomic mass is 16.5. The van der Waals surface area contributed by atoms with E-state index in [9.17, 15) is 9.59 Å². The number of aromatic nitrogens is 2. The first-order valence-corrected chi connectivity index (χ1v) is 12.3. The van der Waals surface area contributed by atoms with Crippen LogP contribution in [-0.2, 0) is 22.7 Å². The smallest absolute Gasteiger partial charge is 0.241 e. The molecule has 2 fully saturated rings. The number of rotatable bonds is 7. The third kappa shape index (κ3) is 5.59. The molecule has 0 spiro atoms. The van der Waals surface area contributed by atoms with E-state index < -0.39 is 0 Å². The molecule has 2 amide bonds. The number of likely N-dealkylation sites (tertiary alicyclic amines) is 1. The molecular weight excluding hydrogens is 442 g/mol. The Morgan fingerprint density at radius 3 is 2.71 bits per heavy atom. The van der Waals surface area contributed by atoms with Crippen molar-refractivity contribution in [2.24, 2.45) is 5.92 Å². The zero-order valence-corrected chi connectivity index (χ0v) is 20.1. The molecule has 182 valence electrons. The molecule has 0 atom stereocenters. The molecule has 3 heterocycles. The summed E-state index contributed by atoms with van der Waals surface area (Å²) in [4.78, 5) is 33.4. The summed E-state index contributed by atoms with van der Waals surface area (Å²) in [5.74, 6) is 1.47. The highest BCUT2D eigenvalue weighted by Crippen LogP contribution is 2.23. The minimum absolute atomic E-state index is 0.000123. The Morgan fingerprint density at radius 1 is 1.11 bits per heavy atom. The molecule has 2 aliphatic heterocycles. The van der Waals surface area contributed by atoms with E-state index in [4.69, 9.17) is 4.52 Å². The van der Waals surface area contributed by atoms with Crippen LogP contribution in [0.4, 0.5) is 5.69 Å². The average Bonchev–Trinajstić information content (AvgIpc) is 3.52. The van der Waals surface area contributed by atoms with Crippen molar-refractivity contribution in [3.05, 3.63) is 65.5 Å². The Balaban J connectivity index is 1.09. The molecule has 1 N–H and O–H groups in total. The van der Waals surface area contributed by atoms with Gasteiger partial charge in [-0.15, -0.1) is 0 Å². The van der Waals surface area contributed by atoms with Gasteiger partial charge in [-0.2, -0.15) is 4.98 Å². The van der Waals surface area contributed by atoms with Crippen LogP contribution in [0.1, 0.15) is 42.7 Å². The first kappa shape index (κ1) is 23.2. The molecule has 0 aliphatic carbocycles. The lowest BCUT2D eigenvalue weighted by atomic mass is 9.96. The monoisotopic (exact) mass is 473 g/mol. The van der Waals surface area contributed by atoms with Crippen LogP contribution in [0.2, 0.25) is 0 Å². The Morgan fingerprint density at radius 2 is 1.94 bits per heavy atom. The molecule has 35 heavy (non-hydrogen) atoms. The molecule has 1 aromatic heterocycles. The highest BCUT2D eigenvalue weighted by molar-refractivity contribution is 5.95. The number of carbonyl (C=O) groups is 2. The Bertz CT molecular complexity index is 1200. The number of benzene rings is 2. The topological polar surface area (TPSA) is 91.6 Å². The number of amides is 2. The van der Waals surface area contributed by atoms with Crippen LogP contribution in [0.15, 0.2) is 53.1 Å². The molecule has 0 radical (unpaired) electrons. The molecule has 3 aromatic rings. The van der Waals surface area contributed by atoms with Crippen molar-refractivity contribution < 1.29 is 14.1 Å². The molecule has 2 aromatic carbocycles. The molecular formula is C27H31N5O3. The molecule has 2 saturated heterocycles. The van der Waals surface area contributed by atoms with Gasteiger partial charge in [0.25, 0.3) is 0 Å². The largest absolute Gasteiger partial charge is 0.352 e. The first-order valence-electron chi connectivity index (χ1n) is 12.3. The minimum atomic E-state index is 0.000123. The fourth-order valence-electron chi connectivity index (χ4n) is 4.85. The lowest BCUT2D eigenvalue weighted by Crippen LogP contribution is -2.40. The summed E-state index contributed by atoms with van der Waals surface area (Å²) in [7, 11) is 0. The second kappa shape index (κ2) is 10.4. The van der Waals surface area contributed by atoms with Gasteiger partial charge in [0, 0.05) is 36.7 Å². The van der Waals surface area contributed by atoms with Crippen LogP contribution >= 0.6 is 0 Å². The summed E-state index contributed by atoms with van der Waals surface area (Å²) in [6.07, 6.45) is 3.11. The number of hydrogen-bond acceptors (Lipinski definition) is 6. The van der Waals surface area contributed by atoms with Gasteiger partial charge in [0.2, 0.25) is 23.5 Å². The maximum atomic E-state index is 12.8. The minimum Gasteiger partial charge on any atom is -0.352 e. The van der Waals surface area contributed by atoms with Crippen molar-refractivity contribution in [2.75, 3.05) is 24.5 Å². The fraction of sp³-hybridized carbons (Fsp3) is 0.407. The molecule has 0 saturated carbocycles. The van der Waals surface area contributed by atoms with Gasteiger partial charge in [0.05, 0.1) is 6.54 Å². The van der Waals surface area contributed by atoms with Gasteiger partial charge in [-0.25, -0.2) is 0 Å². The number of nitrogens with zero attached hydrogens (tertiary/aromatic N) is 4. The average molecular weight is 474 g/mol. The molecule has 0 bridgehead atoms. The molecule has 8 heteroatoms. The van der Waals surface area contributed by atoms with Crippen molar-refractivity contribution in [3.63, 3.8) is 0 Å². The van der Waals surface area contributed by atoms with Gasteiger partial charge >= 0.3 is 0 Å². The van der Waals surface area contributed by atoms with E-state index in [1.165, 1.54) is 0 Å². The zero-order valence-electron chi connectivity index (χ0n) is 20.1. The number of piperidine rings is 1. The van der Waals surface area contributed by atoms with E-state index in [0.29, 0.717) is 31.2 Å². The van der Waals surface area contributed by atoms with E-state index >= 15 is 0 Å². The lowest BCUT2D eigenvalue weighted by molar-refractivity contribution is -0.126. The van der Waals surface area contributed by atoms with Gasteiger partial charge < -0.3 is 14.7 Å². The van der Waals surface area contributed by atoms with E-state index in [1.807, 2.05) is 60.4 Å². The summed E-state index contributed by atoms with van der Waals surface area (Å²) >= 11 is 0. The molecule has 2 aliphatic rings. The molecule has 8 nitrogen and oxygen atoms in total. The van der Waals surface area contributed by atoms with Crippen LogP contribution in [-0.4, -0.2) is 46.5 Å². The fourth-order valence-corrected chi connectivity index (χ4v) is 4.85. The number of hydrogen-bond donors (Lipinski definition) is 1. The maximum absolute atomic E-state index is 12.8.